The fraction of sp³-hybridized carbons (Fsp3) is 0.0357. The minimum Gasteiger partial charge on any atom is -0.310 e. The lowest BCUT2D eigenvalue weighted by atomic mass is 9.96. The molecule has 58 heavy (non-hydrogen) atoms. The summed E-state index contributed by atoms with van der Waals surface area (Å²) in [6.07, 6.45) is 0. The van der Waals surface area contributed by atoms with E-state index < -0.39 is 0 Å². The Bertz CT molecular complexity index is 2930. The molecule has 0 atom stereocenters. The number of nitrogens with zero attached hydrogens (tertiary/aromatic N) is 2. The molecule has 0 aliphatic rings. The molecule has 0 N–H and O–H groups in total. The summed E-state index contributed by atoms with van der Waals surface area (Å²) in [6, 6.07) is 79.5. The molecule has 0 amide bonds. The summed E-state index contributed by atoms with van der Waals surface area (Å²) >= 11 is 0. The van der Waals surface area contributed by atoms with Crippen LogP contribution in [0.5, 0.6) is 0 Å². The Labute approximate surface area is 340 Å². The van der Waals surface area contributed by atoms with Gasteiger partial charge in [-0.05, 0) is 107 Å². The minimum absolute atomic E-state index is 1.10. The second-order valence-electron chi connectivity index (χ2n) is 15.1. The maximum absolute atomic E-state index is 2.47. The Kier molecular flexibility index (Phi) is 9.01. The maximum Gasteiger partial charge on any atom is 0.0562 e. The first-order valence-electron chi connectivity index (χ1n) is 20.0. The fourth-order valence-electron chi connectivity index (χ4n) is 8.36. The summed E-state index contributed by atoms with van der Waals surface area (Å²) in [5.41, 5.74) is 18.9. The van der Waals surface area contributed by atoms with Crippen LogP contribution in [0.2, 0.25) is 0 Å². The smallest absolute Gasteiger partial charge is 0.0562 e. The van der Waals surface area contributed by atoms with Gasteiger partial charge in [0.05, 0.1) is 22.4 Å². The maximum atomic E-state index is 2.47. The van der Waals surface area contributed by atoms with Crippen molar-refractivity contribution < 1.29 is 0 Å². The Balaban J connectivity index is 1.20. The van der Waals surface area contributed by atoms with E-state index >= 15 is 0 Å². The Morgan fingerprint density at radius 2 is 0.793 bits per heavy atom. The number of fused-ring (bicyclic) bond motifs is 3. The molecule has 0 saturated carbocycles. The lowest BCUT2D eigenvalue weighted by molar-refractivity contribution is 1.18. The zero-order valence-corrected chi connectivity index (χ0v) is 32.7. The van der Waals surface area contributed by atoms with Gasteiger partial charge in [-0.25, -0.2) is 0 Å². The van der Waals surface area contributed by atoms with Gasteiger partial charge in [0.25, 0.3) is 0 Å². The molecule has 0 bridgehead atoms. The minimum atomic E-state index is 1.10. The van der Waals surface area contributed by atoms with Crippen LogP contribution in [-0.4, -0.2) is 4.57 Å². The van der Waals surface area contributed by atoms with Crippen LogP contribution in [0.4, 0.5) is 17.1 Å². The summed E-state index contributed by atoms with van der Waals surface area (Å²) in [5.74, 6) is 0. The average Bonchev–Trinajstić information content (AvgIpc) is 3.63. The largest absolute Gasteiger partial charge is 0.310 e. The molecule has 0 aliphatic carbocycles. The summed E-state index contributed by atoms with van der Waals surface area (Å²) < 4.78 is 2.47. The third-order valence-electron chi connectivity index (χ3n) is 11.4. The molecular weight excluding hydrogens is 701 g/mol. The van der Waals surface area contributed by atoms with Gasteiger partial charge in [-0.1, -0.05) is 175 Å². The van der Waals surface area contributed by atoms with E-state index in [2.05, 4.69) is 242 Å². The molecule has 0 spiro atoms. The fourth-order valence-corrected chi connectivity index (χ4v) is 8.36. The van der Waals surface area contributed by atoms with Gasteiger partial charge in [0, 0.05) is 27.7 Å². The molecule has 2 nitrogen and oxygen atoms in total. The highest BCUT2D eigenvalue weighted by Crippen LogP contribution is 2.46. The quantitative estimate of drug-likeness (QED) is 0.150. The van der Waals surface area contributed by atoms with Crippen molar-refractivity contribution in [3.8, 4) is 50.2 Å². The van der Waals surface area contributed by atoms with Crippen LogP contribution in [0.15, 0.2) is 218 Å². The summed E-state index contributed by atoms with van der Waals surface area (Å²) in [4.78, 5) is 2.42. The average molecular weight is 743 g/mol. The topological polar surface area (TPSA) is 8.17 Å². The van der Waals surface area contributed by atoms with Gasteiger partial charge in [0.15, 0.2) is 0 Å². The van der Waals surface area contributed by atoms with Gasteiger partial charge in [-0.2, -0.15) is 0 Å². The molecule has 0 fully saturated rings. The van der Waals surface area contributed by atoms with E-state index in [4.69, 9.17) is 0 Å². The summed E-state index contributed by atoms with van der Waals surface area (Å²) in [7, 11) is 0. The van der Waals surface area contributed by atoms with Gasteiger partial charge in [-0.15, -0.1) is 0 Å². The number of anilines is 3. The second-order valence-corrected chi connectivity index (χ2v) is 15.1. The first kappa shape index (κ1) is 35.0. The molecule has 10 aromatic rings. The molecule has 0 saturated heterocycles. The van der Waals surface area contributed by atoms with Crippen LogP contribution >= 0.6 is 0 Å². The number of aryl methyl sites for hydroxylation is 2. The van der Waals surface area contributed by atoms with Gasteiger partial charge >= 0.3 is 0 Å². The highest BCUT2D eigenvalue weighted by Gasteiger charge is 2.23. The highest BCUT2D eigenvalue weighted by molar-refractivity contribution is 6.17. The second kappa shape index (κ2) is 14.9. The van der Waals surface area contributed by atoms with Crippen molar-refractivity contribution in [2.24, 2.45) is 0 Å². The van der Waals surface area contributed by atoms with Crippen molar-refractivity contribution >= 4 is 38.9 Å². The number of para-hydroxylation sites is 1. The van der Waals surface area contributed by atoms with E-state index in [0.717, 1.165) is 28.3 Å². The third-order valence-corrected chi connectivity index (χ3v) is 11.4. The van der Waals surface area contributed by atoms with E-state index in [1.807, 2.05) is 0 Å². The predicted octanol–water partition coefficient (Wildman–Crippen LogP) is 15.5. The lowest BCUT2D eigenvalue weighted by Crippen LogP contribution is -2.10. The van der Waals surface area contributed by atoms with E-state index in [1.54, 1.807) is 0 Å². The standard InChI is InChI=1S/C56H42N2/c1-39-20-24-45(25-21-39)47-32-37-53(51(38-47)46-26-22-40(2)23-27-46)58-52-17-10-9-16-50(52)56-54(18-11-19-55(56)58)57(48-33-28-43(29-34-48)41-12-5-3-6-13-41)49-35-30-44(31-36-49)42-14-7-4-8-15-42/h3-38H,1-2H3. The highest BCUT2D eigenvalue weighted by atomic mass is 15.1. The van der Waals surface area contributed by atoms with Crippen molar-refractivity contribution in [1.29, 1.82) is 0 Å². The van der Waals surface area contributed by atoms with Crippen molar-refractivity contribution in [2.75, 3.05) is 4.90 Å². The van der Waals surface area contributed by atoms with Crippen LogP contribution < -0.4 is 4.90 Å². The summed E-state index contributed by atoms with van der Waals surface area (Å²) in [6.45, 7) is 4.29. The number of rotatable bonds is 8. The molecule has 0 aliphatic heterocycles. The molecule has 276 valence electrons. The first-order valence-corrected chi connectivity index (χ1v) is 20.0. The van der Waals surface area contributed by atoms with Crippen LogP contribution in [0.1, 0.15) is 11.1 Å². The van der Waals surface area contributed by atoms with Gasteiger partial charge in [-0.3, -0.25) is 0 Å². The third kappa shape index (κ3) is 6.45. The molecule has 1 heterocycles. The molecule has 0 unspecified atom stereocenters. The first-order chi connectivity index (χ1) is 28.6. The Morgan fingerprint density at radius 1 is 0.345 bits per heavy atom. The van der Waals surface area contributed by atoms with Gasteiger partial charge in [0.1, 0.15) is 0 Å². The van der Waals surface area contributed by atoms with Crippen LogP contribution in [0, 0.1) is 13.8 Å². The van der Waals surface area contributed by atoms with Crippen LogP contribution in [0.3, 0.4) is 0 Å². The Morgan fingerprint density at radius 3 is 1.38 bits per heavy atom. The number of hydrogen-bond acceptors (Lipinski definition) is 1. The molecular formula is C56H42N2. The molecule has 0 radical (unpaired) electrons. The van der Waals surface area contributed by atoms with Crippen LogP contribution in [-0.2, 0) is 0 Å². The van der Waals surface area contributed by atoms with E-state index in [9.17, 15) is 0 Å². The van der Waals surface area contributed by atoms with Crippen molar-refractivity contribution in [2.45, 2.75) is 13.8 Å². The number of hydrogen-bond donors (Lipinski definition) is 0. The van der Waals surface area contributed by atoms with Gasteiger partial charge in [0.2, 0.25) is 0 Å². The van der Waals surface area contributed by atoms with E-state index in [-0.39, 0.29) is 0 Å². The zero-order valence-electron chi connectivity index (χ0n) is 32.7. The van der Waals surface area contributed by atoms with Crippen molar-refractivity contribution in [1.82, 2.24) is 4.57 Å². The Hall–Kier alpha value is -7.42. The van der Waals surface area contributed by atoms with E-state index in [0.29, 0.717) is 0 Å². The summed E-state index contributed by atoms with van der Waals surface area (Å²) in [5, 5.41) is 2.41. The number of aromatic nitrogens is 1. The SMILES string of the molecule is Cc1ccc(-c2ccc(-n3c4ccccc4c4c(N(c5ccc(-c6ccccc6)cc5)c5ccc(-c6ccccc6)cc5)cccc43)c(-c3ccc(C)cc3)c2)cc1. The lowest BCUT2D eigenvalue weighted by Gasteiger charge is -2.27. The zero-order chi connectivity index (χ0) is 39.0. The van der Waals surface area contributed by atoms with Crippen molar-refractivity contribution in [3.63, 3.8) is 0 Å². The molecule has 1 aromatic heterocycles. The van der Waals surface area contributed by atoms with E-state index in [1.165, 1.54) is 71.9 Å². The molecule has 10 rings (SSSR count). The number of benzene rings is 9. The van der Waals surface area contributed by atoms with Crippen LogP contribution in [0.25, 0.3) is 72.0 Å². The predicted molar refractivity (Wildman–Crippen MR) is 247 cm³/mol. The molecule has 2 heteroatoms. The van der Waals surface area contributed by atoms with Crippen molar-refractivity contribution in [3.05, 3.63) is 230 Å². The normalized spacial score (nSPS) is 11.3. The monoisotopic (exact) mass is 742 g/mol. The molecule has 9 aromatic carbocycles. The van der Waals surface area contributed by atoms with Gasteiger partial charge < -0.3 is 9.47 Å².